The van der Waals surface area contributed by atoms with Gasteiger partial charge in [0, 0.05) is 25.7 Å². The van der Waals surface area contributed by atoms with Crippen molar-refractivity contribution in [3.8, 4) is 0 Å². The molecule has 2 aliphatic rings. The number of aliphatic imine (C=N–C) groups is 1. The number of nitrogens with zero attached hydrogens (tertiary/aromatic N) is 2. The van der Waals surface area contributed by atoms with Crippen LogP contribution in [0.15, 0.2) is 33.8 Å². The van der Waals surface area contributed by atoms with E-state index in [1.165, 1.54) is 6.42 Å². The fourth-order valence-electron chi connectivity index (χ4n) is 4.12. The standard InChI is InChI=1S/C19H24N4O/c1-11-16(12(2)24-23-11)9-21-19(20-3)22-10-17-15-8-13-6-4-5-7-14(13)18(15)17/h4-7,15,17-18H,8-10H2,1-3H3,(H2,20,21,22). The quantitative estimate of drug-likeness (QED) is 0.670. The van der Waals surface area contributed by atoms with Gasteiger partial charge in [-0.1, -0.05) is 29.4 Å². The minimum absolute atomic E-state index is 0.682. The van der Waals surface area contributed by atoms with Crippen molar-refractivity contribution < 1.29 is 4.52 Å². The van der Waals surface area contributed by atoms with Crippen molar-refractivity contribution in [2.75, 3.05) is 13.6 Å². The average molecular weight is 324 g/mol. The minimum Gasteiger partial charge on any atom is -0.361 e. The molecule has 5 nitrogen and oxygen atoms in total. The lowest BCUT2D eigenvalue weighted by molar-refractivity contribution is 0.392. The first kappa shape index (κ1) is 15.2. The molecule has 1 aromatic carbocycles. The van der Waals surface area contributed by atoms with Gasteiger partial charge in [-0.15, -0.1) is 0 Å². The van der Waals surface area contributed by atoms with Crippen LogP contribution in [0.3, 0.4) is 0 Å². The molecule has 2 N–H and O–H groups in total. The largest absolute Gasteiger partial charge is 0.361 e. The molecule has 0 bridgehead atoms. The van der Waals surface area contributed by atoms with Crippen LogP contribution in [-0.4, -0.2) is 24.7 Å². The van der Waals surface area contributed by atoms with Crippen LogP contribution in [0.1, 0.15) is 34.1 Å². The Morgan fingerprint density at radius 1 is 1.29 bits per heavy atom. The summed E-state index contributed by atoms with van der Waals surface area (Å²) in [7, 11) is 1.81. The van der Waals surface area contributed by atoms with Crippen molar-refractivity contribution in [1.29, 1.82) is 0 Å². The van der Waals surface area contributed by atoms with E-state index in [1.54, 1.807) is 11.1 Å². The summed E-state index contributed by atoms with van der Waals surface area (Å²) in [5.74, 6) is 4.00. The van der Waals surface area contributed by atoms with Gasteiger partial charge >= 0.3 is 0 Å². The summed E-state index contributed by atoms with van der Waals surface area (Å²) in [6.45, 7) is 5.56. The van der Waals surface area contributed by atoms with Crippen LogP contribution < -0.4 is 10.6 Å². The van der Waals surface area contributed by atoms with Crippen molar-refractivity contribution in [2.24, 2.45) is 16.8 Å². The maximum absolute atomic E-state index is 5.20. The Balaban J connectivity index is 1.30. The Morgan fingerprint density at radius 2 is 2.12 bits per heavy atom. The van der Waals surface area contributed by atoms with Crippen LogP contribution in [0.5, 0.6) is 0 Å². The van der Waals surface area contributed by atoms with Gasteiger partial charge in [0.05, 0.1) is 5.69 Å². The van der Waals surface area contributed by atoms with Crippen molar-refractivity contribution in [3.63, 3.8) is 0 Å². The lowest BCUT2D eigenvalue weighted by Gasteiger charge is -2.13. The number of aromatic nitrogens is 1. The molecular formula is C19H24N4O. The van der Waals surface area contributed by atoms with E-state index in [0.717, 1.165) is 47.3 Å². The summed E-state index contributed by atoms with van der Waals surface area (Å²) in [6, 6.07) is 8.88. The Labute approximate surface area is 142 Å². The van der Waals surface area contributed by atoms with Crippen molar-refractivity contribution in [1.82, 2.24) is 15.8 Å². The van der Waals surface area contributed by atoms with Crippen LogP contribution in [0.2, 0.25) is 0 Å². The summed E-state index contributed by atoms with van der Waals surface area (Å²) in [5, 5.41) is 10.8. The van der Waals surface area contributed by atoms with E-state index in [2.05, 4.69) is 45.0 Å². The zero-order chi connectivity index (χ0) is 16.7. The molecule has 1 aromatic heterocycles. The normalized spacial score (nSPS) is 24.5. The van der Waals surface area contributed by atoms with Gasteiger partial charge in [-0.2, -0.15) is 0 Å². The second-order valence-corrected chi connectivity index (χ2v) is 6.87. The molecule has 0 radical (unpaired) electrons. The summed E-state index contributed by atoms with van der Waals surface area (Å²) >= 11 is 0. The highest BCUT2D eigenvalue weighted by Crippen LogP contribution is 2.60. The predicted molar refractivity (Wildman–Crippen MR) is 94.0 cm³/mol. The van der Waals surface area contributed by atoms with E-state index >= 15 is 0 Å². The molecule has 3 unspecified atom stereocenters. The molecule has 0 saturated heterocycles. The number of nitrogens with one attached hydrogen (secondary N) is 2. The van der Waals surface area contributed by atoms with Crippen molar-refractivity contribution in [3.05, 3.63) is 52.4 Å². The Morgan fingerprint density at radius 3 is 2.88 bits per heavy atom. The summed E-state index contributed by atoms with van der Waals surface area (Å²) in [5.41, 5.74) is 5.15. The molecular weight excluding hydrogens is 300 g/mol. The van der Waals surface area contributed by atoms with Gasteiger partial charge in [-0.25, -0.2) is 0 Å². The smallest absolute Gasteiger partial charge is 0.191 e. The van der Waals surface area contributed by atoms with Crippen LogP contribution in [0.4, 0.5) is 0 Å². The summed E-state index contributed by atoms with van der Waals surface area (Å²) in [6.07, 6.45) is 1.23. The zero-order valence-electron chi connectivity index (χ0n) is 14.5. The third-order valence-electron chi connectivity index (χ3n) is 5.54. The fraction of sp³-hybridized carbons (Fsp3) is 0.474. The molecule has 1 heterocycles. The van der Waals surface area contributed by atoms with Gasteiger partial charge < -0.3 is 15.2 Å². The molecule has 3 atom stereocenters. The third kappa shape index (κ3) is 2.58. The molecule has 0 spiro atoms. The molecule has 2 aliphatic carbocycles. The average Bonchev–Trinajstić information content (AvgIpc) is 2.96. The van der Waals surface area contributed by atoms with E-state index in [1.807, 2.05) is 20.9 Å². The fourth-order valence-corrected chi connectivity index (χ4v) is 4.12. The highest BCUT2D eigenvalue weighted by atomic mass is 16.5. The summed E-state index contributed by atoms with van der Waals surface area (Å²) < 4.78 is 5.20. The van der Waals surface area contributed by atoms with Crippen molar-refractivity contribution >= 4 is 5.96 Å². The second-order valence-electron chi connectivity index (χ2n) is 6.87. The Hall–Kier alpha value is -2.30. The predicted octanol–water partition coefficient (Wildman–Crippen LogP) is 2.54. The lowest BCUT2D eigenvalue weighted by atomic mass is 10.0. The highest BCUT2D eigenvalue weighted by molar-refractivity contribution is 5.79. The van der Waals surface area contributed by atoms with Gasteiger partial charge in [0.15, 0.2) is 5.96 Å². The SMILES string of the molecule is CN=C(NCc1c(C)noc1C)NCC1C2Cc3ccccc3C12. The molecule has 1 fully saturated rings. The molecule has 0 aliphatic heterocycles. The Kier molecular flexibility index (Phi) is 3.79. The molecule has 1 saturated carbocycles. The van der Waals surface area contributed by atoms with Crippen molar-refractivity contribution in [2.45, 2.75) is 32.7 Å². The molecule has 2 aromatic rings. The molecule has 126 valence electrons. The summed E-state index contributed by atoms with van der Waals surface area (Å²) in [4.78, 5) is 4.33. The first-order valence-electron chi connectivity index (χ1n) is 8.63. The van der Waals surface area contributed by atoms with Gasteiger partial charge in [-0.05, 0) is 49.1 Å². The van der Waals surface area contributed by atoms with Crippen LogP contribution in [0, 0.1) is 25.7 Å². The number of hydrogen-bond acceptors (Lipinski definition) is 3. The number of fused-ring (bicyclic) bond motifs is 3. The number of benzene rings is 1. The molecule has 24 heavy (non-hydrogen) atoms. The zero-order valence-corrected chi connectivity index (χ0v) is 14.5. The number of rotatable bonds is 4. The maximum Gasteiger partial charge on any atom is 0.191 e. The number of guanidine groups is 1. The Bertz CT molecular complexity index is 760. The number of hydrogen-bond donors (Lipinski definition) is 2. The van der Waals surface area contributed by atoms with E-state index < -0.39 is 0 Å². The van der Waals surface area contributed by atoms with E-state index in [0.29, 0.717) is 6.54 Å². The van der Waals surface area contributed by atoms with Gasteiger partial charge in [-0.3, -0.25) is 4.99 Å². The first-order chi connectivity index (χ1) is 11.7. The molecule has 4 rings (SSSR count). The van der Waals surface area contributed by atoms with Crippen LogP contribution >= 0.6 is 0 Å². The maximum atomic E-state index is 5.20. The van der Waals surface area contributed by atoms with E-state index in [-0.39, 0.29) is 0 Å². The second kappa shape index (κ2) is 5.96. The number of aryl methyl sites for hydroxylation is 2. The first-order valence-corrected chi connectivity index (χ1v) is 8.63. The topological polar surface area (TPSA) is 62.5 Å². The van der Waals surface area contributed by atoms with Crippen LogP contribution in [-0.2, 0) is 13.0 Å². The third-order valence-corrected chi connectivity index (χ3v) is 5.54. The van der Waals surface area contributed by atoms with E-state index in [9.17, 15) is 0 Å². The van der Waals surface area contributed by atoms with Gasteiger partial charge in [0.1, 0.15) is 5.76 Å². The molecule has 5 heteroatoms. The minimum atomic E-state index is 0.682. The lowest BCUT2D eigenvalue weighted by Crippen LogP contribution is -2.38. The van der Waals surface area contributed by atoms with Crippen LogP contribution in [0.25, 0.3) is 0 Å². The van der Waals surface area contributed by atoms with E-state index in [4.69, 9.17) is 4.52 Å². The monoisotopic (exact) mass is 324 g/mol. The molecule has 0 amide bonds. The highest BCUT2D eigenvalue weighted by Gasteiger charge is 2.54. The van der Waals surface area contributed by atoms with Gasteiger partial charge in [0.2, 0.25) is 0 Å². The van der Waals surface area contributed by atoms with Gasteiger partial charge in [0.25, 0.3) is 0 Å².